The Morgan fingerprint density at radius 3 is 2.43 bits per heavy atom. The van der Waals surface area contributed by atoms with Crippen LogP contribution in [0.3, 0.4) is 0 Å². The molecule has 3 aliphatic rings. The van der Waals surface area contributed by atoms with E-state index in [2.05, 4.69) is 21.0 Å². The van der Waals surface area contributed by atoms with Gasteiger partial charge in [-0.25, -0.2) is 9.97 Å². The molecule has 10 heteroatoms. The third-order valence-corrected chi connectivity index (χ3v) is 11.0. The van der Waals surface area contributed by atoms with E-state index in [1.54, 1.807) is 22.0 Å². The highest BCUT2D eigenvalue weighted by Crippen LogP contribution is 2.62. The number of carbonyl (C=O) groups excluding carboxylic acids is 4. The minimum absolute atomic E-state index is 0.0257. The maximum Gasteiger partial charge on any atom is 0.245 e. The van der Waals surface area contributed by atoms with E-state index in [0.717, 1.165) is 77.7 Å². The first-order chi connectivity index (χ1) is 23.5. The quantitative estimate of drug-likeness (QED) is 0.237. The Kier molecular flexibility index (Phi) is 8.75. The molecule has 1 saturated heterocycles. The van der Waals surface area contributed by atoms with Crippen LogP contribution in [0, 0.1) is 26.2 Å². The molecule has 1 aliphatic carbocycles. The SMILES string of the molecule is CC(=O)c1nn2c3c(cc(-c4cnc(C)nc4)cc13)CCCCCCC(=O)CC[C@@]13C[C@@H](C(=O)Cc4nc(C)ccc4C)N(C(=O)C2)[C@@H]1C3. The molecule has 5 heterocycles. The number of nitrogens with zero attached hydrogens (tertiary/aromatic N) is 6. The van der Waals surface area contributed by atoms with E-state index >= 15 is 0 Å². The van der Waals surface area contributed by atoms with Crippen LogP contribution < -0.4 is 0 Å². The number of rotatable bonds is 5. The third kappa shape index (κ3) is 6.45. The van der Waals surface area contributed by atoms with Crippen molar-refractivity contribution in [2.45, 2.75) is 117 Å². The van der Waals surface area contributed by atoms with Crippen molar-refractivity contribution in [1.29, 1.82) is 0 Å². The molecule has 7 rings (SSSR count). The fraction of sp³-hybridized carbons (Fsp3) is 0.487. The number of piperidine rings is 1. The van der Waals surface area contributed by atoms with Crippen LogP contribution in [0.5, 0.6) is 0 Å². The molecule has 3 atom stereocenters. The molecule has 0 radical (unpaired) electrons. The standard InChI is InChI=1S/C39H44N6O4/c1-23-11-12-24(2)42-32(23)17-34(48)33-18-39-14-13-30(47)10-8-6-5-7-9-27-15-28(29-20-40-26(4)41-21-29)16-31-37(25(3)46)43-44(38(27)31)22-36(49)45(33)35(39)19-39/h11-12,15-16,20-21,33,35H,5-10,13-14,17-19,22H2,1-4H3/t33-,35+,39-/m0/s1. The van der Waals surface area contributed by atoms with Gasteiger partial charge in [0.25, 0.3) is 0 Å². The first kappa shape index (κ1) is 32.9. The van der Waals surface area contributed by atoms with Crippen LogP contribution >= 0.6 is 0 Å². The van der Waals surface area contributed by atoms with Crippen molar-refractivity contribution >= 4 is 34.2 Å². The van der Waals surface area contributed by atoms with Crippen LogP contribution in [0.2, 0.25) is 0 Å². The second kappa shape index (κ2) is 13.0. The van der Waals surface area contributed by atoms with E-state index < -0.39 is 6.04 Å². The predicted octanol–water partition coefficient (Wildman–Crippen LogP) is 6.04. The topological polar surface area (TPSA) is 128 Å². The van der Waals surface area contributed by atoms with E-state index in [0.29, 0.717) is 42.6 Å². The van der Waals surface area contributed by atoms with Crippen molar-refractivity contribution in [3.05, 3.63) is 70.7 Å². The van der Waals surface area contributed by atoms with Gasteiger partial charge in [-0.05, 0) is 99.6 Å². The van der Waals surface area contributed by atoms with Gasteiger partial charge in [-0.3, -0.25) is 28.8 Å². The summed E-state index contributed by atoms with van der Waals surface area (Å²) in [4.78, 5) is 69.8. The average Bonchev–Trinajstić information content (AvgIpc) is 3.48. The van der Waals surface area contributed by atoms with Gasteiger partial charge in [0.2, 0.25) is 5.91 Å². The van der Waals surface area contributed by atoms with E-state index in [-0.39, 0.29) is 47.7 Å². The summed E-state index contributed by atoms with van der Waals surface area (Å²) in [5, 5.41) is 5.48. The number of hydrogen-bond donors (Lipinski definition) is 0. The maximum atomic E-state index is 14.5. The Bertz CT molecular complexity index is 1980. The van der Waals surface area contributed by atoms with Crippen molar-refractivity contribution in [3.63, 3.8) is 0 Å². The Labute approximate surface area is 286 Å². The molecular weight excluding hydrogens is 616 g/mol. The third-order valence-electron chi connectivity index (χ3n) is 11.0. The summed E-state index contributed by atoms with van der Waals surface area (Å²) in [6, 6.07) is 7.29. The molecule has 0 spiro atoms. The second-order valence-corrected chi connectivity index (χ2v) is 14.5. The van der Waals surface area contributed by atoms with Crippen LogP contribution in [0.25, 0.3) is 22.0 Å². The lowest BCUT2D eigenvalue weighted by Gasteiger charge is -2.27. The fourth-order valence-corrected chi connectivity index (χ4v) is 8.16. The number of aromatic nitrogens is 5. The molecule has 2 fully saturated rings. The van der Waals surface area contributed by atoms with Crippen molar-refractivity contribution in [2.75, 3.05) is 0 Å². The molecule has 1 amide bonds. The summed E-state index contributed by atoms with van der Waals surface area (Å²) in [5.74, 6) is 0.550. The number of benzene rings is 1. The number of Topliss-reactive ketones (excluding diaryl/α,β-unsaturated/α-hetero) is 3. The van der Waals surface area contributed by atoms with Crippen LogP contribution in [-0.2, 0) is 33.8 Å². The van der Waals surface area contributed by atoms with E-state index in [9.17, 15) is 19.2 Å². The maximum absolute atomic E-state index is 14.5. The van der Waals surface area contributed by atoms with Gasteiger partial charge >= 0.3 is 0 Å². The molecule has 49 heavy (non-hydrogen) atoms. The molecule has 2 aliphatic heterocycles. The minimum Gasteiger partial charge on any atom is -0.327 e. The molecule has 4 aromatic rings. The number of pyridine rings is 1. The summed E-state index contributed by atoms with van der Waals surface area (Å²) < 4.78 is 1.69. The number of aryl methyl sites for hydroxylation is 4. The Morgan fingerprint density at radius 2 is 1.67 bits per heavy atom. The smallest absolute Gasteiger partial charge is 0.245 e. The molecule has 10 nitrogen and oxygen atoms in total. The van der Waals surface area contributed by atoms with Crippen LogP contribution in [0.1, 0.15) is 104 Å². The van der Waals surface area contributed by atoms with Gasteiger partial charge in [-0.1, -0.05) is 18.9 Å². The van der Waals surface area contributed by atoms with Crippen LogP contribution in [0.4, 0.5) is 0 Å². The van der Waals surface area contributed by atoms with Gasteiger partial charge < -0.3 is 4.90 Å². The first-order valence-electron chi connectivity index (χ1n) is 17.6. The van der Waals surface area contributed by atoms with E-state index in [4.69, 9.17) is 5.10 Å². The summed E-state index contributed by atoms with van der Waals surface area (Å²) in [6.07, 6.45) is 11.2. The zero-order chi connectivity index (χ0) is 34.4. The van der Waals surface area contributed by atoms with Gasteiger partial charge in [0.05, 0.1) is 23.7 Å². The molecule has 1 saturated carbocycles. The molecule has 1 aromatic carbocycles. The highest BCUT2D eigenvalue weighted by molar-refractivity contribution is 6.07. The van der Waals surface area contributed by atoms with Crippen LogP contribution in [-0.4, -0.2) is 65.0 Å². The number of carbonyl (C=O) groups is 4. The Hall–Kier alpha value is -4.60. The van der Waals surface area contributed by atoms with Gasteiger partial charge in [0, 0.05) is 54.8 Å². The van der Waals surface area contributed by atoms with Gasteiger partial charge in [-0.15, -0.1) is 0 Å². The summed E-state index contributed by atoms with van der Waals surface area (Å²) in [5.41, 5.74) is 6.14. The summed E-state index contributed by atoms with van der Waals surface area (Å²) >= 11 is 0. The molecule has 254 valence electrons. The highest BCUT2D eigenvalue weighted by Gasteiger charge is 2.66. The fourth-order valence-electron chi connectivity index (χ4n) is 8.16. The van der Waals surface area contributed by atoms with Crippen molar-refractivity contribution in [1.82, 2.24) is 29.6 Å². The van der Waals surface area contributed by atoms with Crippen molar-refractivity contribution in [2.24, 2.45) is 5.41 Å². The van der Waals surface area contributed by atoms with Gasteiger partial charge in [0.1, 0.15) is 23.8 Å². The lowest BCUT2D eigenvalue weighted by atomic mass is 9.89. The molecule has 3 aromatic heterocycles. The Morgan fingerprint density at radius 1 is 0.918 bits per heavy atom. The Balaban J connectivity index is 1.29. The van der Waals surface area contributed by atoms with Gasteiger partial charge in [-0.2, -0.15) is 5.10 Å². The zero-order valence-corrected chi connectivity index (χ0v) is 28.9. The number of ketones is 3. The average molecular weight is 661 g/mol. The number of amides is 1. The second-order valence-electron chi connectivity index (χ2n) is 14.5. The van der Waals surface area contributed by atoms with E-state index in [1.807, 2.05) is 39.0 Å². The molecular formula is C39H44N6O4. The monoisotopic (exact) mass is 660 g/mol. The lowest BCUT2D eigenvalue weighted by Crippen LogP contribution is -2.45. The zero-order valence-electron chi connectivity index (χ0n) is 28.9. The number of hydrogen-bond acceptors (Lipinski definition) is 8. The van der Waals surface area contributed by atoms with Crippen molar-refractivity contribution < 1.29 is 19.2 Å². The molecule has 0 N–H and O–H groups in total. The van der Waals surface area contributed by atoms with Gasteiger partial charge in [0.15, 0.2) is 11.6 Å². The van der Waals surface area contributed by atoms with E-state index in [1.165, 1.54) is 6.92 Å². The highest BCUT2D eigenvalue weighted by atomic mass is 16.2. The predicted molar refractivity (Wildman–Crippen MR) is 185 cm³/mol. The largest absolute Gasteiger partial charge is 0.327 e. The van der Waals surface area contributed by atoms with Crippen molar-refractivity contribution in [3.8, 4) is 11.1 Å². The first-order valence-corrected chi connectivity index (χ1v) is 17.6. The normalized spacial score (nSPS) is 23.0. The molecule has 2 bridgehead atoms. The summed E-state index contributed by atoms with van der Waals surface area (Å²) in [6.45, 7) is 7.13. The van der Waals surface area contributed by atoms with Crippen LogP contribution in [0.15, 0.2) is 36.7 Å². The lowest BCUT2D eigenvalue weighted by molar-refractivity contribution is -0.139. The molecule has 0 unspecified atom stereocenters. The minimum atomic E-state index is -0.594. The summed E-state index contributed by atoms with van der Waals surface area (Å²) in [7, 11) is 0.